The van der Waals surface area contributed by atoms with Gasteiger partial charge >= 0.3 is 9.05 Å². The van der Waals surface area contributed by atoms with Gasteiger partial charge < -0.3 is 17.7 Å². The van der Waals surface area contributed by atoms with Gasteiger partial charge in [-0.1, -0.05) is 0 Å². The standard InChI is InChI=1S/C8H20O4Si.Ca/c1-5-9-13(10-6-2,11-7-3)12-8-4;/h5-8H2,1-4H3;. The van der Waals surface area contributed by atoms with Crippen LogP contribution in [0.5, 0.6) is 0 Å². The van der Waals surface area contributed by atoms with Gasteiger partial charge in [0.1, 0.15) is 0 Å². The van der Waals surface area contributed by atoms with E-state index in [1.807, 2.05) is 27.7 Å². The van der Waals surface area contributed by atoms with E-state index >= 15 is 0 Å². The van der Waals surface area contributed by atoms with Crippen LogP contribution in [-0.4, -0.2) is 73.2 Å². The molecule has 0 aliphatic carbocycles. The van der Waals surface area contributed by atoms with Crippen molar-refractivity contribution < 1.29 is 17.7 Å². The average Bonchev–Trinajstić information content (AvgIpc) is 2.06. The van der Waals surface area contributed by atoms with Crippen molar-refractivity contribution >= 4 is 46.8 Å². The first-order chi connectivity index (χ1) is 6.24. The van der Waals surface area contributed by atoms with Crippen LogP contribution in [0.3, 0.4) is 0 Å². The molecule has 0 heterocycles. The van der Waals surface area contributed by atoms with Crippen LogP contribution in [0.25, 0.3) is 0 Å². The first-order valence-electron chi connectivity index (χ1n) is 4.80. The van der Waals surface area contributed by atoms with Crippen LogP contribution in [0.4, 0.5) is 0 Å². The Morgan fingerprint density at radius 1 is 0.643 bits per heavy atom. The van der Waals surface area contributed by atoms with Crippen molar-refractivity contribution in [3.8, 4) is 0 Å². The summed E-state index contributed by atoms with van der Waals surface area (Å²) in [7, 11) is -2.80. The maximum Gasteiger partial charge on any atom is 0.679 e. The summed E-state index contributed by atoms with van der Waals surface area (Å²) < 4.78 is 21.7. The Balaban J connectivity index is 0. The molecule has 14 heavy (non-hydrogen) atoms. The van der Waals surface area contributed by atoms with E-state index in [1.54, 1.807) is 0 Å². The fourth-order valence-corrected chi connectivity index (χ4v) is 2.87. The van der Waals surface area contributed by atoms with E-state index in [-0.39, 0.29) is 37.7 Å². The van der Waals surface area contributed by atoms with Crippen LogP contribution in [0.2, 0.25) is 0 Å². The van der Waals surface area contributed by atoms with Crippen LogP contribution < -0.4 is 0 Å². The fraction of sp³-hybridized carbons (Fsp3) is 1.00. The molecule has 0 aliphatic rings. The molecule has 0 rings (SSSR count). The van der Waals surface area contributed by atoms with Gasteiger partial charge in [0.2, 0.25) is 0 Å². The Morgan fingerprint density at radius 2 is 0.857 bits per heavy atom. The molecular formula is C8H20CaO4Si. The van der Waals surface area contributed by atoms with Gasteiger partial charge in [-0.15, -0.1) is 0 Å². The fourth-order valence-electron chi connectivity index (χ4n) is 0.957. The van der Waals surface area contributed by atoms with Crippen LogP contribution in [0.1, 0.15) is 27.7 Å². The third kappa shape index (κ3) is 6.74. The third-order valence-electron chi connectivity index (χ3n) is 1.28. The number of rotatable bonds is 8. The molecule has 0 saturated carbocycles. The summed E-state index contributed by atoms with van der Waals surface area (Å²) >= 11 is 0. The maximum absolute atomic E-state index is 5.42. The molecule has 0 aromatic carbocycles. The molecule has 0 saturated heterocycles. The minimum absolute atomic E-state index is 0. The predicted octanol–water partition coefficient (Wildman–Crippen LogP) is 1.19. The smallest absolute Gasteiger partial charge is 0.351 e. The van der Waals surface area contributed by atoms with Crippen LogP contribution >= 0.6 is 0 Å². The second kappa shape index (κ2) is 10.8. The minimum Gasteiger partial charge on any atom is -0.351 e. The van der Waals surface area contributed by atoms with Crippen LogP contribution in [0, 0.1) is 0 Å². The maximum atomic E-state index is 5.42. The molecular weight excluding hydrogens is 228 g/mol. The molecule has 0 unspecified atom stereocenters. The van der Waals surface area contributed by atoms with Gasteiger partial charge in [0.15, 0.2) is 0 Å². The molecule has 0 aromatic rings. The SMILES string of the molecule is CCO[Si](OCC)(OCC)OCC.[Ca]. The molecule has 0 spiro atoms. The van der Waals surface area contributed by atoms with E-state index in [4.69, 9.17) is 17.7 Å². The van der Waals surface area contributed by atoms with Gasteiger partial charge in [-0.25, -0.2) is 0 Å². The molecule has 0 bridgehead atoms. The summed E-state index contributed by atoms with van der Waals surface area (Å²) in [6.45, 7) is 9.80. The molecule has 2 radical (unpaired) electrons. The Labute approximate surface area is 118 Å². The molecule has 82 valence electrons. The van der Waals surface area contributed by atoms with Crippen molar-refractivity contribution in [2.45, 2.75) is 27.7 Å². The Bertz CT molecular complexity index is 96.4. The van der Waals surface area contributed by atoms with E-state index in [1.165, 1.54) is 0 Å². The first kappa shape index (κ1) is 17.7. The molecule has 0 amide bonds. The van der Waals surface area contributed by atoms with Crippen LogP contribution in [0.15, 0.2) is 0 Å². The molecule has 0 aromatic heterocycles. The summed E-state index contributed by atoms with van der Waals surface area (Å²) in [5.41, 5.74) is 0. The second-order valence-corrected chi connectivity index (χ2v) is 4.39. The van der Waals surface area contributed by atoms with Crippen LogP contribution in [-0.2, 0) is 17.7 Å². The zero-order valence-electron chi connectivity index (χ0n) is 9.67. The quantitative estimate of drug-likeness (QED) is 0.605. The first-order valence-corrected chi connectivity index (χ1v) is 6.43. The minimum atomic E-state index is -2.80. The topological polar surface area (TPSA) is 36.9 Å². The van der Waals surface area contributed by atoms with E-state index in [0.29, 0.717) is 26.4 Å². The number of hydrogen-bond donors (Lipinski definition) is 0. The van der Waals surface area contributed by atoms with Crippen molar-refractivity contribution in [2.24, 2.45) is 0 Å². The predicted molar refractivity (Wildman–Crippen MR) is 58.0 cm³/mol. The molecule has 4 nitrogen and oxygen atoms in total. The summed E-state index contributed by atoms with van der Waals surface area (Å²) in [6.07, 6.45) is 0. The molecule has 0 N–H and O–H groups in total. The van der Waals surface area contributed by atoms with E-state index < -0.39 is 9.05 Å². The van der Waals surface area contributed by atoms with Gasteiger partial charge in [-0.3, -0.25) is 0 Å². The zero-order valence-corrected chi connectivity index (χ0v) is 12.9. The van der Waals surface area contributed by atoms with Gasteiger partial charge in [0.05, 0.1) is 0 Å². The van der Waals surface area contributed by atoms with E-state index in [9.17, 15) is 0 Å². The molecule has 6 heteroatoms. The van der Waals surface area contributed by atoms with E-state index in [2.05, 4.69) is 0 Å². The van der Waals surface area contributed by atoms with Crippen molar-refractivity contribution in [3.63, 3.8) is 0 Å². The van der Waals surface area contributed by atoms with Gasteiger partial charge in [-0.05, 0) is 27.7 Å². The monoisotopic (exact) mass is 248 g/mol. The largest absolute Gasteiger partial charge is 0.679 e. The molecule has 0 aliphatic heterocycles. The average molecular weight is 248 g/mol. The van der Waals surface area contributed by atoms with Crippen molar-refractivity contribution in [2.75, 3.05) is 26.4 Å². The summed E-state index contributed by atoms with van der Waals surface area (Å²) in [6, 6.07) is 0. The zero-order chi connectivity index (χ0) is 10.2. The second-order valence-electron chi connectivity index (χ2n) is 2.23. The summed E-state index contributed by atoms with van der Waals surface area (Å²) in [5.74, 6) is 0. The normalized spacial score (nSPS) is 11.1. The van der Waals surface area contributed by atoms with Gasteiger partial charge in [0, 0.05) is 64.2 Å². The van der Waals surface area contributed by atoms with Gasteiger partial charge in [0.25, 0.3) is 0 Å². The summed E-state index contributed by atoms with van der Waals surface area (Å²) in [4.78, 5) is 0. The van der Waals surface area contributed by atoms with E-state index in [0.717, 1.165) is 0 Å². The Hall–Kier alpha value is 1.32. The molecule has 0 atom stereocenters. The number of hydrogen-bond acceptors (Lipinski definition) is 4. The van der Waals surface area contributed by atoms with Crippen molar-refractivity contribution in [1.29, 1.82) is 0 Å². The Kier molecular flexibility index (Phi) is 13.7. The molecule has 0 fully saturated rings. The van der Waals surface area contributed by atoms with Crippen molar-refractivity contribution in [1.82, 2.24) is 0 Å². The third-order valence-corrected chi connectivity index (χ3v) is 3.85. The van der Waals surface area contributed by atoms with Crippen molar-refractivity contribution in [3.05, 3.63) is 0 Å². The van der Waals surface area contributed by atoms with Gasteiger partial charge in [-0.2, -0.15) is 0 Å². The summed E-state index contributed by atoms with van der Waals surface area (Å²) in [5, 5.41) is 0. The Morgan fingerprint density at radius 3 is 1.00 bits per heavy atom.